The van der Waals surface area contributed by atoms with E-state index in [0.29, 0.717) is 5.75 Å². The van der Waals surface area contributed by atoms with Crippen molar-refractivity contribution >= 4 is 0 Å². The van der Waals surface area contributed by atoms with Gasteiger partial charge in [-0.2, -0.15) is 0 Å². The van der Waals surface area contributed by atoms with Gasteiger partial charge in [-0.15, -0.1) is 0 Å². The molecule has 0 saturated heterocycles. The van der Waals surface area contributed by atoms with E-state index in [4.69, 9.17) is 9.47 Å². The van der Waals surface area contributed by atoms with Crippen LogP contribution in [0.4, 0.5) is 0 Å². The first-order chi connectivity index (χ1) is 7.38. The zero-order valence-corrected chi connectivity index (χ0v) is 8.25. The van der Waals surface area contributed by atoms with Crippen LogP contribution in [-0.2, 0) is 0 Å². The summed E-state index contributed by atoms with van der Waals surface area (Å²) in [7, 11) is 1.63. The summed E-state index contributed by atoms with van der Waals surface area (Å²) in [6, 6.07) is 7.32. The smallest absolute Gasteiger partial charge is 0.163 e. The zero-order chi connectivity index (χ0) is 10.5. The van der Waals surface area contributed by atoms with E-state index in [0.717, 1.165) is 11.5 Å². The molecule has 0 aliphatic heterocycles. The van der Waals surface area contributed by atoms with Crippen LogP contribution in [0.2, 0.25) is 0 Å². The van der Waals surface area contributed by atoms with Crippen molar-refractivity contribution in [1.29, 1.82) is 0 Å². The molecular formula is C11H10N2O2. The Morgan fingerprint density at radius 2 is 1.47 bits per heavy atom. The fraction of sp³-hybridized carbons (Fsp3) is 0.0909. The largest absolute Gasteiger partial charge is 0.497 e. The summed E-state index contributed by atoms with van der Waals surface area (Å²) in [5, 5.41) is 0. The van der Waals surface area contributed by atoms with Gasteiger partial charge >= 0.3 is 0 Å². The molecule has 15 heavy (non-hydrogen) atoms. The van der Waals surface area contributed by atoms with Crippen LogP contribution in [0.1, 0.15) is 0 Å². The van der Waals surface area contributed by atoms with Gasteiger partial charge in [-0.1, -0.05) is 0 Å². The monoisotopic (exact) mass is 202 g/mol. The lowest BCUT2D eigenvalue weighted by Gasteiger charge is -2.04. The molecule has 0 atom stereocenters. The summed E-state index contributed by atoms with van der Waals surface area (Å²) in [5.74, 6) is 2.14. The number of hydrogen-bond donors (Lipinski definition) is 0. The lowest BCUT2D eigenvalue weighted by Crippen LogP contribution is -1.87. The molecule has 0 amide bonds. The van der Waals surface area contributed by atoms with E-state index in [-0.39, 0.29) is 0 Å². The summed E-state index contributed by atoms with van der Waals surface area (Å²) in [6.45, 7) is 0. The average molecular weight is 202 g/mol. The Morgan fingerprint density at radius 1 is 0.867 bits per heavy atom. The van der Waals surface area contributed by atoms with Crippen LogP contribution in [0.3, 0.4) is 0 Å². The highest BCUT2D eigenvalue weighted by Crippen LogP contribution is 2.22. The minimum atomic E-state index is 0.614. The Balaban J connectivity index is 2.11. The molecule has 2 aromatic rings. The summed E-state index contributed by atoms with van der Waals surface area (Å²) in [4.78, 5) is 7.71. The van der Waals surface area contributed by atoms with E-state index in [9.17, 15) is 0 Å². The lowest BCUT2D eigenvalue weighted by molar-refractivity contribution is 0.412. The van der Waals surface area contributed by atoms with E-state index >= 15 is 0 Å². The lowest BCUT2D eigenvalue weighted by atomic mass is 10.3. The first-order valence-electron chi connectivity index (χ1n) is 4.45. The maximum atomic E-state index is 5.50. The second kappa shape index (κ2) is 4.41. The quantitative estimate of drug-likeness (QED) is 0.765. The maximum absolute atomic E-state index is 5.50. The molecule has 0 aliphatic rings. The van der Waals surface area contributed by atoms with Crippen LogP contribution in [0.5, 0.6) is 17.2 Å². The van der Waals surface area contributed by atoms with Crippen LogP contribution in [0.15, 0.2) is 43.0 Å². The molecule has 1 aromatic heterocycles. The molecule has 0 N–H and O–H groups in total. The van der Waals surface area contributed by atoms with Crippen LogP contribution >= 0.6 is 0 Å². The van der Waals surface area contributed by atoms with Gasteiger partial charge in [-0.3, -0.25) is 0 Å². The number of rotatable bonds is 3. The summed E-state index contributed by atoms with van der Waals surface area (Å²) >= 11 is 0. The van der Waals surface area contributed by atoms with Gasteiger partial charge in [0.05, 0.1) is 19.5 Å². The molecule has 2 rings (SSSR count). The van der Waals surface area contributed by atoms with E-state index < -0.39 is 0 Å². The molecule has 4 heteroatoms. The number of benzene rings is 1. The SMILES string of the molecule is COc1ccc(Oc2cncnc2)cc1. The molecule has 4 nitrogen and oxygen atoms in total. The minimum absolute atomic E-state index is 0.614. The van der Waals surface area contributed by atoms with Gasteiger partial charge in [-0.25, -0.2) is 9.97 Å². The molecule has 0 radical (unpaired) electrons. The fourth-order valence-electron chi connectivity index (χ4n) is 1.12. The van der Waals surface area contributed by atoms with E-state index in [1.165, 1.54) is 6.33 Å². The number of hydrogen-bond acceptors (Lipinski definition) is 4. The highest BCUT2D eigenvalue weighted by molar-refractivity contribution is 5.33. The Bertz CT molecular complexity index is 414. The third-order valence-corrected chi connectivity index (χ3v) is 1.83. The number of nitrogens with zero attached hydrogens (tertiary/aromatic N) is 2. The van der Waals surface area contributed by atoms with Gasteiger partial charge in [0.25, 0.3) is 0 Å². The van der Waals surface area contributed by atoms with E-state index in [1.54, 1.807) is 19.5 Å². The van der Waals surface area contributed by atoms with E-state index in [2.05, 4.69) is 9.97 Å². The fourth-order valence-corrected chi connectivity index (χ4v) is 1.12. The third kappa shape index (κ3) is 2.43. The number of aromatic nitrogens is 2. The first-order valence-corrected chi connectivity index (χ1v) is 4.45. The summed E-state index contributed by atoms with van der Waals surface area (Å²) in [6.07, 6.45) is 4.68. The van der Waals surface area contributed by atoms with Crippen molar-refractivity contribution in [2.75, 3.05) is 7.11 Å². The van der Waals surface area contributed by atoms with Gasteiger partial charge in [0.1, 0.15) is 17.8 Å². The number of ether oxygens (including phenoxy) is 2. The Labute approximate surface area is 87.5 Å². The van der Waals surface area contributed by atoms with Crippen molar-refractivity contribution in [2.24, 2.45) is 0 Å². The minimum Gasteiger partial charge on any atom is -0.497 e. The molecule has 0 bridgehead atoms. The first kappa shape index (κ1) is 9.45. The highest BCUT2D eigenvalue weighted by Gasteiger charge is 1.97. The maximum Gasteiger partial charge on any atom is 0.163 e. The van der Waals surface area contributed by atoms with Gasteiger partial charge in [0, 0.05) is 0 Å². The van der Waals surface area contributed by atoms with Crippen molar-refractivity contribution in [3.8, 4) is 17.2 Å². The van der Waals surface area contributed by atoms with Gasteiger partial charge in [0.2, 0.25) is 0 Å². The van der Waals surface area contributed by atoms with Crippen LogP contribution in [0, 0.1) is 0 Å². The van der Waals surface area contributed by atoms with Crippen molar-refractivity contribution in [2.45, 2.75) is 0 Å². The topological polar surface area (TPSA) is 44.2 Å². The molecule has 76 valence electrons. The molecular weight excluding hydrogens is 192 g/mol. The molecule has 0 fully saturated rings. The van der Waals surface area contributed by atoms with E-state index in [1.807, 2.05) is 24.3 Å². The molecule has 0 spiro atoms. The number of methoxy groups -OCH3 is 1. The molecule has 1 heterocycles. The van der Waals surface area contributed by atoms with Gasteiger partial charge in [0.15, 0.2) is 5.75 Å². The summed E-state index contributed by atoms with van der Waals surface area (Å²) in [5.41, 5.74) is 0. The van der Waals surface area contributed by atoms with Crippen molar-refractivity contribution in [3.05, 3.63) is 43.0 Å². The van der Waals surface area contributed by atoms with Crippen LogP contribution in [-0.4, -0.2) is 17.1 Å². The molecule has 1 aromatic carbocycles. The zero-order valence-electron chi connectivity index (χ0n) is 8.25. The normalized spacial score (nSPS) is 9.67. The van der Waals surface area contributed by atoms with Crippen LogP contribution in [0.25, 0.3) is 0 Å². The second-order valence-electron chi connectivity index (χ2n) is 2.85. The highest BCUT2D eigenvalue weighted by atomic mass is 16.5. The predicted molar refractivity (Wildman–Crippen MR) is 55.1 cm³/mol. The van der Waals surface area contributed by atoms with Crippen molar-refractivity contribution in [3.63, 3.8) is 0 Å². The van der Waals surface area contributed by atoms with Gasteiger partial charge < -0.3 is 9.47 Å². The third-order valence-electron chi connectivity index (χ3n) is 1.83. The molecule has 0 saturated carbocycles. The van der Waals surface area contributed by atoms with Crippen molar-refractivity contribution < 1.29 is 9.47 Å². The Hall–Kier alpha value is -2.10. The second-order valence-corrected chi connectivity index (χ2v) is 2.85. The Morgan fingerprint density at radius 3 is 2.07 bits per heavy atom. The standard InChI is InChI=1S/C11H10N2O2/c1-14-9-2-4-10(5-3-9)15-11-6-12-8-13-7-11/h2-8H,1H3. The molecule has 0 aliphatic carbocycles. The Kier molecular flexibility index (Phi) is 2.78. The van der Waals surface area contributed by atoms with Crippen molar-refractivity contribution in [1.82, 2.24) is 9.97 Å². The molecule has 0 unspecified atom stereocenters. The van der Waals surface area contributed by atoms with Gasteiger partial charge in [-0.05, 0) is 24.3 Å². The van der Waals surface area contributed by atoms with Crippen LogP contribution < -0.4 is 9.47 Å². The average Bonchev–Trinajstić information content (AvgIpc) is 2.31. The summed E-state index contributed by atoms with van der Waals surface area (Å²) < 4.78 is 10.5. The predicted octanol–water partition coefficient (Wildman–Crippen LogP) is 2.28.